The number of rotatable bonds is 2. The molecule has 3 heterocycles. The summed E-state index contributed by atoms with van der Waals surface area (Å²) in [5.41, 5.74) is 0. The first-order valence-electron chi connectivity index (χ1n) is 4.70. The number of fused-ring (bicyclic) bond motifs is 2. The van der Waals surface area contributed by atoms with Gasteiger partial charge in [-0.2, -0.15) is 0 Å². The number of methoxy groups -OCH3 is 2. The van der Waals surface area contributed by atoms with Crippen LogP contribution in [-0.2, 0) is 0 Å². The minimum Gasteiger partial charge on any atom is -0.496 e. The molecule has 0 saturated heterocycles. The van der Waals surface area contributed by atoms with Gasteiger partial charge >= 0.3 is 0 Å². The molecule has 4 rings (SSSR count). The summed E-state index contributed by atoms with van der Waals surface area (Å²) in [6.07, 6.45) is 0. The first-order valence-corrected chi connectivity index (χ1v) is 5.51. The Morgan fingerprint density at radius 2 is 1.33 bits per heavy atom. The molecular formula is C12H10O2S. The first-order chi connectivity index (χ1) is 7.33. The number of benzene rings is 1. The fourth-order valence-corrected chi connectivity index (χ4v) is 2.96. The molecule has 0 atom stereocenters. The van der Waals surface area contributed by atoms with Crippen LogP contribution in [0.2, 0.25) is 0 Å². The zero-order chi connectivity index (χ0) is 10.4. The Balaban J connectivity index is 2.68. The van der Waals surface area contributed by atoms with E-state index in [0.29, 0.717) is 0 Å². The van der Waals surface area contributed by atoms with Crippen LogP contribution >= 0.6 is 11.3 Å². The molecule has 76 valence electrons. The van der Waals surface area contributed by atoms with Crippen molar-refractivity contribution in [2.24, 2.45) is 0 Å². The van der Waals surface area contributed by atoms with Crippen LogP contribution in [0.5, 0.6) is 11.5 Å². The van der Waals surface area contributed by atoms with Crippen molar-refractivity contribution < 1.29 is 9.47 Å². The summed E-state index contributed by atoms with van der Waals surface area (Å²) in [5, 5.41) is 2.23. The molecule has 0 N–H and O–H groups in total. The third-order valence-corrected chi connectivity index (χ3v) is 3.81. The van der Waals surface area contributed by atoms with Crippen LogP contribution in [0.25, 0.3) is 0 Å². The number of hydrogen-bond donors (Lipinski definition) is 0. The highest BCUT2D eigenvalue weighted by Crippen LogP contribution is 2.28. The summed E-state index contributed by atoms with van der Waals surface area (Å²) in [4.78, 5) is 0. The standard InChI is InChI=1S/C12H10O2S/c1-13-9-5-8-10(14-2)6-7(9)11-3-4-12(8)15-11/h3-6H,1-2H3. The van der Waals surface area contributed by atoms with Crippen molar-refractivity contribution in [1.29, 1.82) is 0 Å². The quantitative estimate of drug-likeness (QED) is 0.658. The molecule has 1 aromatic carbocycles. The largest absolute Gasteiger partial charge is 0.496 e. The van der Waals surface area contributed by atoms with Crippen molar-refractivity contribution in [1.82, 2.24) is 0 Å². The van der Waals surface area contributed by atoms with Gasteiger partial charge in [0.25, 0.3) is 0 Å². The van der Waals surface area contributed by atoms with Crippen LogP contribution in [-0.4, -0.2) is 14.2 Å². The van der Waals surface area contributed by atoms with Crippen LogP contribution in [0.3, 0.4) is 0 Å². The lowest BCUT2D eigenvalue weighted by atomic mass is 10.2. The van der Waals surface area contributed by atoms with Gasteiger partial charge in [0.15, 0.2) is 0 Å². The van der Waals surface area contributed by atoms with Crippen LogP contribution in [0.1, 0.15) is 0 Å². The predicted octanol–water partition coefficient (Wildman–Crippen LogP) is 2.65. The molecular weight excluding hydrogens is 208 g/mol. The molecule has 0 unspecified atom stereocenters. The van der Waals surface area contributed by atoms with Gasteiger partial charge in [-0.15, -0.1) is 11.3 Å². The Hall–Kier alpha value is -1.48. The Morgan fingerprint density at radius 3 is 1.73 bits per heavy atom. The van der Waals surface area contributed by atoms with Gasteiger partial charge in [-0.3, -0.25) is 0 Å². The molecule has 15 heavy (non-hydrogen) atoms. The highest BCUT2D eigenvalue weighted by Gasteiger charge is 2.07. The number of thiophene rings is 1. The molecule has 0 radical (unpaired) electrons. The minimum atomic E-state index is 0.924. The lowest BCUT2D eigenvalue weighted by Crippen LogP contribution is -1.90. The van der Waals surface area contributed by atoms with Crippen LogP contribution < -0.4 is 9.47 Å². The SMILES string of the molecule is COc1cc2c(OC)cc1=c1ccc=2s1. The van der Waals surface area contributed by atoms with Crippen molar-refractivity contribution in [2.75, 3.05) is 14.2 Å². The smallest absolute Gasteiger partial charge is 0.128 e. The third kappa shape index (κ3) is 1.10. The van der Waals surface area contributed by atoms with Gasteiger partial charge in [-0.25, -0.2) is 0 Å². The number of ether oxygens (including phenoxy) is 2. The Morgan fingerprint density at radius 1 is 0.867 bits per heavy atom. The van der Waals surface area contributed by atoms with Crippen molar-refractivity contribution in [3.63, 3.8) is 0 Å². The van der Waals surface area contributed by atoms with E-state index in [-0.39, 0.29) is 0 Å². The Labute approximate surface area is 90.7 Å². The summed E-state index contributed by atoms with van der Waals surface area (Å²) < 4.78 is 13.2. The van der Waals surface area contributed by atoms with Crippen LogP contribution in [0.15, 0.2) is 24.3 Å². The summed E-state index contributed by atoms with van der Waals surface area (Å²) in [6.45, 7) is 0. The minimum absolute atomic E-state index is 0.924. The van der Waals surface area contributed by atoms with Gasteiger partial charge in [0.05, 0.1) is 14.2 Å². The number of hydrogen-bond acceptors (Lipinski definition) is 3. The summed E-state index contributed by atoms with van der Waals surface area (Å²) in [5.74, 6) is 1.85. The molecule has 2 aliphatic rings. The van der Waals surface area contributed by atoms with E-state index in [1.165, 1.54) is 9.06 Å². The summed E-state index contributed by atoms with van der Waals surface area (Å²) in [7, 11) is 3.40. The van der Waals surface area contributed by atoms with E-state index in [1.807, 2.05) is 12.1 Å². The van der Waals surface area contributed by atoms with E-state index in [2.05, 4.69) is 12.1 Å². The van der Waals surface area contributed by atoms with E-state index in [4.69, 9.17) is 9.47 Å². The van der Waals surface area contributed by atoms with Gasteiger partial charge < -0.3 is 9.47 Å². The molecule has 2 aromatic rings. The molecule has 0 spiro atoms. The lowest BCUT2D eigenvalue weighted by molar-refractivity contribution is 0.398. The molecule has 0 fully saturated rings. The highest BCUT2D eigenvalue weighted by molar-refractivity contribution is 7.08. The topological polar surface area (TPSA) is 18.5 Å². The third-order valence-electron chi connectivity index (χ3n) is 2.66. The second-order valence-corrected chi connectivity index (χ2v) is 4.50. The van der Waals surface area contributed by atoms with Crippen LogP contribution in [0.4, 0.5) is 0 Å². The van der Waals surface area contributed by atoms with Gasteiger partial charge in [-0.1, -0.05) is 0 Å². The van der Waals surface area contributed by atoms with E-state index in [9.17, 15) is 0 Å². The van der Waals surface area contributed by atoms with E-state index < -0.39 is 0 Å². The monoisotopic (exact) mass is 218 g/mol. The molecule has 2 nitrogen and oxygen atoms in total. The van der Waals surface area contributed by atoms with Gasteiger partial charge in [-0.05, 0) is 24.3 Å². The van der Waals surface area contributed by atoms with E-state index in [1.54, 1.807) is 25.6 Å². The maximum Gasteiger partial charge on any atom is 0.128 e. The van der Waals surface area contributed by atoms with Gasteiger partial charge in [0.1, 0.15) is 11.5 Å². The van der Waals surface area contributed by atoms with Crippen molar-refractivity contribution >= 4 is 11.3 Å². The second kappa shape index (κ2) is 3.00. The molecule has 0 saturated carbocycles. The van der Waals surface area contributed by atoms with Gasteiger partial charge in [0, 0.05) is 19.5 Å². The molecule has 4 bridgehead atoms. The normalized spacial score (nSPS) is 11.3. The predicted molar refractivity (Wildman–Crippen MR) is 59.2 cm³/mol. The van der Waals surface area contributed by atoms with Gasteiger partial charge in [0.2, 0.25) is 0 Å². The first kappa shape index (κ1) is 8.80. The maximum atomic E-state index is 5.37. The second-order valence-electron chi connectivity index (χ2n) is 3.42. The van der Waals surface area contributed by atoms with Crippen molar-refractivity contribution in [3.8, 4) is 11.5 Å². The molecule has 2 aliphatic heterocycles. The zero-order valence-corrected chi connectivity index (χ0v) is 9.35. The van der Waals surface area contributed by atoms with E-state index in [0.717, 1.165) is 21.9 Å². The Bertz CT molecular complexity index is 640. The summed E-state index contributed by atoms with van der Waals surface area (Å²) in [6, 6.07) is 8.36. The highest BCUT2D eigenvalue weighted by atomic mass is 32.1. The van der Waals surface area contributed by atoms with Crippen molar-refractivity contribution in [2.45, 2.75) is 0 Å². The van der Waals surface area contributed by atoms with Crippen molar-refractivity contribution in [3.05, 3.63) is 43.8 Å². The lowest BCUT2D eigenvalue weighted by Gasteiger charge is -2.04. The average Bonchev–Trinajstić information content (AvgIpc) is 2.63. The maximum absolute atomic E-state index is 5.37. The summed E-state index contributed by atoms with van der Waals surface area (Å²) >= 11 is 1.77. The molecule has 1 aromatic heterocycles. The fraction of sp³-hybridized carbons (Fsp3) is 0.167. The Kier molecular flexibility index (Phi) is 1.76. The molecule has 3 heteroatoms. The zero-order valence-electron chi connectivity index (χ0n) is 8.53. The average molecular weight is 218 g/mol. The molecule has 0 amide bonds. The van der Waals surface area contributed by atoms with Crippen LogP contribution in [0, 0.1) is 19.5 Å². The van der Waals surface area contributed by atoms with E-state index >= 15 is 0 Å². The molecule has 0 aliphatic carbocycles. The fourth-order valence-electron chi connectivity index (χ4n) is 1.91.